The van der Waals surface area contributed by atoms with Gasteiger partial charge in [0.05, 0.1) is 16.8 Å². The molecule has 2 aromatic heterocycles. The standard InChI is InChI=1S/C23H17N3O2/c27-23(28)19-9-5-16(6-10-19)3-4-17-7-11-21-20(14-17)22(26-25-21)12-8-18-2-1-13-24-15-18/h1-15H,(H,25,26)(H,27,28). The zero-order chi connectivity index (χ0) is 19.3. The Kier molecular flexibility index (Phi) is 4.80. The van der Waals surface area contributed by atoms with E-state index >= 15 is 0 Å². The quantitative estimate of drug-likeness (QED) is 0.487. The van der Waals surface area contributed by atoms with Gasteiger partial charge in [-0.05, 0) is 53.1 Å². The molecule has 0 radical (unpaired) electrons. The molecule has 5 heteroatoms. The number of hydrogen-bond acceptors (Lipinski definition) is 3. The van der Waals surface area contributed by atoms with Crippen LogP contribution < -0.4 is 0 Å². The van der Waals surface area contributed by atoms with Crippen LogP contribution in [-0.2, 0) is 0 Å². The van der Waals surface area contributed by atoms with Crippen molar-refractivity contribution in [3.8, 4) is 0 Å². The van der Waals surface area contributed by atoms with Gasteiger partial charge in [-0.1, -0.05) is 42.5 Å². The van der Waals surface area contributed by atoms with Gasteiger partial charge >= 0.3 is 5.97 Å². The van der Waals surface area contributed by atoms with Gasteiger partial charge in [0.2, 0.25) is 0 Å². The summed E-state index contributed by atoms with van der Waals surface area (Å²) >= 11 is 0. The molecule has 0 spiro atoms. The Morgan fingerprint density at radius 3 is 2.39 bits per heavy atom. The molecular formula is C23H17N3O2. The predicted molar refractivity (Wildman–Crippen MR) is 112 cm³/mol. The predicted octanol–water partition coefficient (Wildman–Crippen LogP) is 5.00. The fourth-order valence-corrected chi connectivity index (χ4v) is 2.86. The normalized spacial score (nSPS) is 11.6. The molecule has 0 aliphatic heterocycles. The van der Waals surface area contributed by atoms with Crippen LogP contribution in [-0.4, -0.2) is 26.3 Å². The molecule has 0 aliphatic carbocycles. The number of carboxylic acid groups (broad SMARTS) is 1. The van der Waals surface area contributed by atoms with E-state index in [4.69, 9.17) is 5.11 Å². The van der Waals surface area contributed by atoms with E-state index in [0.29, 0.717) is 0 Å². The molecule has 0 bridgehead atoms. The lowest BCUT2D eigenvalue weighted by molar-refractivity contribution is 0.0697. The largest absolute Gasteiger partial charge is 0.478 e. The van der Waals surface area contributed by atoms with E-state index in [2.05, 4.69) is 21.2 Å². The molecule has 2 heterocycles. The third-order valence-corrected chi connectivity index (χ3v) is 4.36. The van der Waals surface area contributed by atoms with E-state index in [0.717, 1.165) is 33.3 Å². The number of nitrogens with zero attached hydrogens (tertiary/aromatic N) is 2. The molecule has 4 rings (SSSR count). The Balaban J connectivity index is 1.58. The van der Waals surface area contributed by atoms with E-state index in [1.807, 2.05) is 48.6 Å². The smallest absolute Gasteiger partial charge is 0.335 e. The van der Waals surface area contributed by atoms with Crippen LogP contribution in [0.5, 0.6) is 0 Å². The molecule has 0 saturated carbocycles. The third kappa shape index (κ3) is 3.88. The Hall–Kier alpha value is -3.99. The molecule has 0 atom stereocenters. The van der Waals surface area contributed by atoms with Gasteiger partial charge in [-0.3, -0.25) is 10.1 Å². The van der Waals surface area contributed by atoms with Crippen LogP contribution in [0, 0.1) is 0 Å². The van der Waals surface area contributed by atoms with Crippen molar-refractivity contribution in [1.29, 1.82) is 0 Å². The number of aromatic carboxylic acids is 1. The van der Waals surface area contributed by atoms with Crippen LogP contribution in [0.4, 0.5) is 0 Å². The number of rotatable bonds is 5. The van der Waals surface area contributed by atoms with Crippen molar-refractivity contribution in [3.63, 3.8) is 0 Å². The molecule has 0 fully saturated rings. The molecule has 4 aromatic rings. The topological polar surface area (TPSA) is 78.9 Å². The molecule has 2 N–H and O–H groups in total. The highest BCUT2D eigenvalue weighted by Gasteiger charge is 2.04. The maximum atomic E-state index is 10.9. The van der Waals surface area contributed by atoms with E-state index in [1.165, 1.54) is 0 Å². The number of H-pyrrole nitrogens is 1. The first-order chi connectivity index (χ1) is 13.7. The molecule has 0 saturated heterocycles. The second kappa shape index (κ2) is 7.72. The number of carbonyl (C=O) groups is 1. The maximum Gasteiger partial charge on any atom is 0.335 e. The van der Waals surface area contributed by atoms with Crippen LogP contribution in [0.3, 0.4) is 0 Å². The number of benzene rings is 2. The van der Waals surface area contributed by atoms with Crippen LogP contribution in [0.2, 0.25) is 0 Å². The molecule has 0 aliphatic rings. The number of aromatic amines is 1. The van der Waals surface area contributed by atoms with Crippen molar-refractivity contribution in [2.24, 2.45) is 0 Å². The summed E-state index contributed by atoms with van der Waals surface area (Å²) in [6, 6.07) is 16.7. The lowest BCUT2D eigenvalue weighted by atomic mass is 10.1. The summed E-state index contributed by atoms with van der Waals surface area (Å²) in [4.78, 5) is 15.0. The first-order valence-corrected chi connectivity index (χ1v) is 8.77. The lowest BCUT2D eigenvalue weighted by Crippen LogP contribution is -1.94. The Bertz CT molecular complexity index is 1170. The fourth-order valence-electron chi connectivity index (χ4n) is 2.86. The minimum atomic E-state index is -0.923. The van der Waals surface area contributed by atoms with Gasteiger partial charge in [0.15, 0.2) is 0 Å². The van der Waals surface area contributed by atoms with E-state index in [-0.39, 0.29) is 5.56 Å². The molecule has 2 aromatic carbocycles. The average Bonchev–Trinajstić information content (AvgIpc) is 3.14. The first kappa shape index (κ1) is 17.4. The van der Waals surface area contributed by atoms with E-state index in [1.54, 1.807) is 36.7 Å². The van der Waals surface area contributed by atoms with Gasteiger partial charge in [0.1, 0.15) is 0 Å². The van der Waals surface area contributed by atoms with Crippen molar-refractivity contribution in [2.75, 3.05) is 0 Å². The number of fused-ring (bicyclic) bond motifs is 1. The summed E-state index contributed by atoms with van der Waals surface area (Å²) in [5.74, 6) is -0.923. The zero-order valence-corrected chi connectivity index (χ0v) is 14.9. The van der Waals surface area contributed by atoms with Gasteiger partial charge in [0.25, 0.3) is 0 Å². The second-order valence-electron chi connectivity index (χ2n) is 6.29. The molecule has 136 valence electrons. The van der Waals surface area contributed by atoms with Gasteiger partial charge in [-0.25, -0.2) is 4.79 Å². The van der Waals surface area contributed by atoms with Crippen molar-refractivity contribution in [3.05, 3.63) is 94.9 Å². The van der Waals surface area contributed by atoms with Crippen LogP contribution in [0.1, 0.15) is 32.7 Å². The van der Waals surface area contributed by atoms with Gasteiger partial charge in [0, 0.05) is 17.8 Å². The van der Waals surface area contributed by atoms with Crippen LogP contribution >= 0.6 is 0 Å². The summed E-state index contributed by atoms with van der Waals surface area (Å²) in [6.45, 7) is 0. The van der Waals surface area contributed by atoms with Crippen LogP contribution in [0.25, 0.3) is 35.2 Å². The summed E-state index contributed by atoms with van der Waals surface area (Å²) in [7, 11) is 0. The maximum absolute atomic E-state index is 10.9. The summed E-state index contributed by atoms with van der Waals surface area (Å²) < 4.78 is 0. The average molecular weight is 367 g/mol. The van der Waals surface area contributed by atoms with Crippen molar-refractivity contribution >= 4 is 41.2 Å². The van der Waals surface area contributed by atoms with Gasteiger partial charge < -0.3 is 5.11 Å². The minimum Gasteiger partial charge on any atom is -0.478 e. The zero-order valence-electron chi connectivity index (χ0n) is 14.9. The highest BCUT2D eigenvalue weighted by Crippen LogP contribution is 2.21. The molecule has 0 amide bonds. The highest BCUT2D eigenvalue weighted by atomic mass is 16.4. The summed E-state index contributed by atoms with van der Waals surface area (Å²) in [6.07, 6.45) is 11.4. The van der Waals surface area contributed by atoms with E-state index < -0.39 is 5.97 Å². The molecule has 28 heavy (non-hydrogen) atoms. The van der Waals surface area contributed by atoms with Crippen molar-refractivity contribution in [2.45, 2.75) is 0 Å². The molecule has 5 nitrogen and oxygen atoms in total. The number of hydrogen-bond donors (Lipinski definition) is 2. The van der Waals surface area contributed by atoms with Crippen LogP contribution in [0.15, 0.2) is 67.0 Å². The summed E-state index contributed by atoms with van der Waals surface area (Å²) in [5, 5.41) is 17.4. The summed E-state index contributed by atoms with van der Waals surface area (Å²) in [5.41, 5.74) is 5.09. The fraction of sp³-hybridized carbons (Fsp3) is 0. The highest BCUT2D eigenvalue weighted by molar-refractivity contribution is 5.91. The van der Waals surface area contributed by atoms with Gasteiger partial charge in [-0.15, -0.1) is 0 Å². The number of carboxylic acids is 1. The molecular weight excluding hydrogens is 350 g/mol. The number of nitrogens with one attached hydrogen (secondary N) is 1. The van der Waals surface area contributed by atoms with Crippen molar-refractivity contribution in [1.82, 2.24) is 15.2 Å². The number of pyridine rings is 1. The van der Waals surface area contributed by atoms with Crippen molar-refractivity contribution < 1.29 is 9.90 Å². The Morgan fingerprint density at radius 2 is 1.64 bits per heavy atom. The SMILES string of the molecule is O=C(O)c1ccc(C=Cc2ccc3[nH]nc(C=Cc4cccnc4)c3c2)cc1. The van der Waals surface area contributed by atoms with Gasteiger partial charge in [-0.2, -0.15) is 5.10 Å². The minimum absolute atomic E-state index is 0.280. The molecule has 0 unspecified atom stereocenters. The monoisotopic (exact) mass is 367 g/mol. The number of aromatic nitrogens is 3. The first-order valence-electron chi connectivity index (χ1n) is 8.77. The van der Waals surface area contributed by atoms with E-state index in [9.17, 15) is 4.79 Å². The third-order valence-electron chi connectivity index (χ3n) is 4.36. The Morgan fingerprint density at radius 1 is 0.893 bits per heavy atom. The second-order valence-corrected chi connectivity index (χ2v) is 6.29. The Labute approximate surface area is 161 Å². The lowest BCUT2D eigenvalue weighted by Gasteiger charge is -1.98.